The third kappa shape index (κ3) is 3.12. The number of rotatable bonds is 3. The average molecular weight is 270 g/mol. The predicted molar refractivity (Wildman–Crippen MR) is 61.8 cm³/mol. The number of aldehydes is 1. The van der Waals surface area contributed by atoms with Crippen molar-refractivity contribution < 1.29 is 9.53 Å². The quantitative estimate of drug-likeness (QED) is 0.802. The summed E-state index contributed by atoms with van der Waals surface area (Å²) in [6.45, 7) is 0. The molecular formula is C10H5Cl2N3O2. The van der Waals surface area contributed by atoms with E-state index in [9.17, 15) is 4.79 Å². The van der Waals surface area contributed by atoms with Gasteiger partial charge in [0.2, 0.25) is 10.6 Å². The Labute approximate surface area is 106 Å². The van der Waals surface area contributed by atoms with Gasteiger partial charge in [-0.05, 0) is 47.5 Å². The van der Waals surface area contributed by atoms with Gasteiger partial charge in [-0.3, -0.25) is 4.79 Å². The fraction of sp³-hybridized carbons (Fsp3) is 0. The van der Waals surface area contributed by atoms with Crippen LogP contribution in [0, 0.1) is 0 Å². The highest BCUT2D eigenvalue weighted by Crippen LogP contribution is 2.19. The lowest BCUT2D eigenvalue weighted by Crippen LogP contribution is -1.95. The standard InChI is InChI=1S/C10H5Cl2N3O2/c11-8-13-9(12)15-10(14-8)17-7-3-1-6(5-16)2-4-7/h1-5H. The molecule has 0 aliphatic rings. The van der Waals surface area contributed by atoms with Crippen molar-refractivity contribution in [3.05, 3.63) is 40.4 Å². The van der Waals surface area contributed by atoms with Crippen LogP contribution in [0.2, 0.25) is 10.6 Å². The molecule has 2 aromatic rings. The van der Waals surface area contributed by atoms with Crippen molar-refractivity contribution in [1.82, 2.24) is 15.0 Å². The lowest BCUT2D eigenvalue weighted by Gasteiger charge is -2.03. The van der Waals surface area contributed by atoms with Crippen LogP contribution in [0.4, 0.5) is 0 Å². The minimum atomic E-state index is -0.0514. The minimum Gasteiger partial charge on any atom is -0.424 e. The first kappa shape index (κ1) is 11.8. The highest BCUT2D eigenvalue weighted by molar-refractivity contribution is 6.31. The van der Waals surface area contributed by atoms with E-state index in [1.165, 1.54) is 0 Å². The predicted octanol–water partition coefficient (Wildman–Crippen LogP) is 2.78. The average Bonchev–Trinajstić information content (AvgIpc) is 2.28. The number of carbonyl (C=O) groups is 1. The van der Waals surface area contributed by atoms with Crippen LogP contribution in [-0.4, -0.2) is 21.2 Å². The van der Waals surface area contributed by atoms with Gasteiger partial charge in [0.1, 0.15) is 12.0 Å². The molecule has 1 aromatic heterocycles. The molecule has 86 valence electrons. The van der Waals surface area contributed by atoms with Gasteiger partial charge in [-0.15, -0.1) is 0 Å². The Morgan fingerprint density at radius 1 is 1.00 bits per heavy atom. The first-order valence-electron chi connectivity index (χ1n) is 4.47. The molecule has 0 N–H and O–H groups in total. The van der Waals surface area contributed by atoms with Crippen molar-refractivity contribution in [2.24, 2.45) is 0 Å². The number of hydrogen-bond acceptors (Lipinski definition) is 5. The molecule has 0 spiro atoms. The molecule has 0 fully saturated rings. The van der Waals surface area contributed by atoms with Crippen LogP contribution in [-0.2, 0) is 0 Å². The first-order chi connectivity index (χ1) is 8.17. The fourth-order valence-corrected chi connectivity index (χ4v) is 1.42. The molecule has 0 bridgehead atoms. The fourth-order valence-electron chi connectivity index (χ4n) is 1.07. The molecule has 1 aromatic carbocycles. The van der Waals surface area contributed by atoms with Gasteiger partial charge in [-0.1, -0.05) is 0 Å². The van der Waals surface area contributed by atoms with E-state index in [-0.39, 0.29) is 16.6 Å². The maximum Gasteiger partial charge on any atom is 0.327 e. The van der Waals surface area contributed by atoms with E-state index >= 15 is 0 Å². The molecule has 0 radical (unpaired) electrons. The first-order valence-corrected chi connectivity index (χ1v) is 5.23. The Morgan fingerprint density at radius 3 is 2.12 bits per heavy atom. The van der Waals surface area contributed by atoms with E-state index in [4.69, 9.17) is 27.9 Å². The Hall–Kier alpha value is -1.72. The number of hydrogen-bond donors (Lipinski definition) is 0. The third-order valence-corrected chi connectivity index (χ3v) is 2.12. The number of halogens is 2. The molecule has 0 atom stereocenters. The van der Waals surface area contributed by atoms with E-state index in [1.54, 1.807) is 24.3 Å². The summed E-state index contributed by atoms with van der Waals surface area (Å²) in [7, 11) is 0. The topological polar surface area (TPSA) is 65.0 Å². The summed E-state index contributed by atoms with van der Waals surface area (Å²) >= 11 is 11.2. The molecule has 2 rings (SSSR count). The van der Waals surface area contributed by atoms with Gasteiger partial charge >= 0.3 is 6.01 Å². The number of benzene rings is 1. The maximum absolute atomic E-state index is 10.5. The summed E-state index contributed by atoms with van der Waals surface area (Å²) in [5, 5.41) is -0.103. The van der Waals surface area contributed by atoms with E-state index in [1.807, 2.05) is 0 Å². The summed E-state index contributed by atoms with van der Waals surface area (Å²) in [4.78, 5) is 21.5. The van der Waals surface area contributed by atoms with Crippen molar-refractivity contribution in [2.45, 2.75) is 0 Å². The molecule has 0 amide bonds. The second-order valence-electron chi connectivity index (χ2n) is 2.94. The second-order valence-corrected chi connectivity index (χ2v) is 3.62. The molecule has 17 heavy (non-hydrogen) atoms. The molecule has 1 heterocycles. The van der Waals surface area contributed by atoms with Crippen molar-refractivity contribution in [2.75, 3.05) is 0 Å². The van der Waals surface area contributed by atoms with Gasteiger partial charge in [-0.2, -0.15) is 15.0 Å². The summed E-state index contributed by atoms with van der Waals surface area (Å²) in [5.41, 5.74) is 0.545. The monoisotopic (exact) mass is 269 g/mol. The highest BCUT2D eigenvalue weighted by atomic mass is 35.5. The van der Waals surface area contributed by atoms with Crippen LogP contribution in [0.1, 0.15) is 10.4 Å². The zero-order valence-electron chi connectivity index (χ0n) is 8.30. The zero-order valence-corrected chi connectivity index (χ0v) is 9.81. The van der Waals surface area contributed by atoms with Crippen molar-refractivity contribution >= 4 is 29.5 Å². The lowest BCUT2D eigenvalue weighted by atomic mass is 10.2. The number of aromatic nitrogens is 3. The van der Waals surface area contributed by atoms with Crippen LogP contribution >= 0.6 is 23.2 Å². The molecule has 0 aliphatic heterocycles. The molecule has 0 saturated carbocycles. The van der Waals surface area contributed by atoms with Gasteiger partial charge in [-0.25, -0.2) is 0 Å². The van der Waals surface area contributed by atoms with Crippen molar-refractivity contribution in [3.63, 3.8) is 0 Å². The van der Waals surface area contributed by atoms with Gasteiger partial charge in [0, 0.05) is 5.56 Å². The highest BCUT2D eigenvalue weighted by Gasteiger charge is 2.05. The SMILES string of the molecule is O=Cc1ccc(Oc2nc(Cl)nc(Cl)n2)cc1. The van der Waals surface area contributed by atoms with Crippen LogP contribution in [0.25, 0.3) is 0 Å². The third-order valence-electron chi connectivity index (χ3n) is 1.79. The van der Waals surface area contributed by atoms with Crippen LogP contribution in [0.15, 0.2) is 24.3 Å². The van der Waals surface area contributed by atoms with E-state index in [0.29, 0.717) is 11.3 Å². The second kappa shape index (κ2) is 5.07. The number of carbonyl (C=O) groups excluding carboxylic acids is 1. The number of nitrogens with zero attached hydrogens (tertiary/aromatic N) is 3. The summed E-state index contributed by atoms with van der Waals surface area (Å²) in [5.74, 6) is 0.467. The summed E-state index contributed by atoms with van der Waals surface area (Å²) in [6, 6.07) is 6.42. The Morgan fingerprint density at radius 2 is 1.59 bits per heavy atom. The molecule has 0 saturated heterocycles. The van der Waals surface area contributed by atoms with Crippen LogP contribution in [0.5, 0.6) is 11.8 Å². The summed E-state index contributed by atoms with van der Waals surface area (Å²) in [6.07, 6.45) is 0.737. The molecule has 0 aliphatic carbocycles. The minimum absolute atomic E-state index is 0.00569. The van der Waals surface area contributed by atoms with Crippen LogP contribution < -0.4 is 4.74 Å². The van der Waals surface area contributed by atoms with Gasteiger partial charge in [0.05, 0.1) is 0 Å². The van der Waals surface area contributed by atoms with Crippen LogP contribution in [0.3, 0.4) is 0 Å². The normalized spacial score (nSPS) is 10.0. The van der Waals surface area contributed by atoms with Crippen molar-refractivity contribution in [1.29, 1.82) is 0 Å². The largest absolute Gasteiger partial charge is 0.424 e. The Bertz CT molecular complexity index is 525. The van der Waals surface area contributed by atoms with Gasteiger partial charge in [0.25, 0.3) is 0 Å². The van der Waals surface area contributed by atoms with E-state index in [2.05, 4.69) is 15.0 Å². The van der Waals surface area contributed by atoms with Gasteiger partial charge < -0.3 is 4.74 Å². The number of ether oxygens (including phenoxy) is 1. The Balaban J connectivity index is 2.21. The summed E-state index contributed by atoms with van der Waals surface area (Å²) < 4.78 is 5.29. The Kier molecular flexibility index (Phi) is 3.51. The van der Waals surface area contributed by atoms with E-state index < -0.39 is 0 Å². The smallest absolute Gasteiger partial charge is 0.327 e. The molecule has 0 unspecified atom stereocenters. The zero-order chi connectivity index (χ0) is 12.3. The van der Waals surface area contributed by atoms with E-state index in [0.717, 1.165) is 6.29 Å². The molecule has 7 heteroatoms. The molecular weight excluding hydrogens is 265 g/mol. The van der Waals surface area contributed by atoms with Gasteiger partial charge in [0.15, 0.2) is 0 Å². The molecule has 5 nitrogen and oxygen atoms in total. The maximum atomic E-state index is 10.5. The lowest BCUT2D eigenvalue weighted by molar-refractivity contribution is 0.112. The van der Waals surface area contributed by atoms with Crippen molar-refractivity contribution in [3.8, 4) is 11.8 Å².